The number of aromatic nitrogens is 3. The second kappa shape index (κ2) is 6.13. The van der Waals surface area contributed by atoms with Gasteiger partial charge >= 0.3 is 0 Å². The van der Waals surface area contributed by atoms with Crippen molar-refractivity contribution in [2.24, 2.45) is 5.84 Å². The Morgan fingerprint density at radius 1 is 1.12 bits per heavy atom. The van der Waals surface area contributed by atoms with E-state index in [1.165, 1.54) is 30.3 Å². The summed E-state index contributed by atoms with van der Waals surface area (Å²) in [7, 11) is 0. The van der Waals surface area contributed by atoms with E-state index in [2.05, 4.69) is 10.3 Å². The molecular formula is C15H10F3N5O. The zero-order valence-corrected chi connectivity index (χ0v) is 12.0. The smallest absolute Gasteiger partial charge is 0.288 e. The van der Waals surface area contributed by atoms with Gasteiger partial charge in [0.1, 0.15) is 11.5 Å². The number of halogens is 3. The first-order valence-electron chi connectivity index (χ1n) is 6.70. The largest absolute Gasteiger partial charge is 0.289 e. The molecule has 0 spiro atoms. The fraction of sp³-hybridized carbons (Fsp3) is 0. The number of carbonyl (C=O) groups excluding carboxylic acids is 1. The van der Waals surface area contributed by atoms with Crippen molar-refractivity contribution in [1.82, 2.24) is 20.4 Å². The third-order valence-corrected chi connectivity index (χ3v) is 3.28. The van der Waals surface area contributed by atoms with Crippen LogP contribution >= 0.6 is 0 Å². The van der Waals surface area contributed by atoms with Gasteiger partial charge in [0.15, 0.2) is 17.3 Å². The molecule has 0 unspecified atom stereocenters. The molecule has 0 saturated heterocycles. The van der Waals surface area contributed by atoms with Gasteiger partial charge in [-0.05, 0) is 30.3 Å². The maximum absolute atomic E-state index is 14.2. The number of rotatable bonds is 3. The van der Waals surface area contributed by atoms with Gasteiger partial charge < -0.3 is 0 Å². The molecule has 0 bridgehead atoms. The van der Waals surface area contributed by atoms with Crippen LogP contribution in [0.5, 0.6) is 0 Å². The molecule has 0 saturated carbocycles. The maximum Gasteiger partial charge on any atom is 0.288 e. The molecule has 3 aromatic rings. The van der Waals surface area contributed by atoms with Crippen LogP contribution in [0.25, 0.3) is 16.9 Å². The summed E-state index contributed by atoms with van der Waals surface area (Å²) in [4.78, 5) is 11.9. The van der Waals surface area contributed by atoms with Gasteiger partial charge in [0.25, 0.3) is 5.91 Å². The highest BCUT2D eigenvalue weighted by molar-refractivity contribution is 5.98. The minimum absolute atomic E-state index is 0.152. The Morgan fingerprint density at radius 3 is 2.58 bits per heavy atom. The molecule has 0 aliphatic carbocycles. The molecule has 0 atom stereocenters. The Kier molecular flexibility index (Phi) is 4.00. The zero-order valence-electron chi connectivity index (χ0n) is 12.0. The molecule has 0 radical (unpaired) electrons. The molecule has 3 rings (SSSR count). The SMILES string of the molecule is NNC(=O)c1nnn(-c2cccc(F)c2)c1-c1cccc(F)c1F. The van der Waals surface area contributed by atoms with E-state index in [-0.39, 0.29) is 22.6 Å². The van der Waals surface area contributed by atoms with Gasteiger partial charge in [0.2, 0.25) is 0 Å². The minimum atomic E-state index is -1.19. The first-order valence-corrected chi connectivity index (χ1v) is 6.70. The molecule has 0 aliphatic heterocycles. The van der Waals surface area contributed by atoms with Crippen molar-refractivity contribution >= 4 is 5.91 Å². The zero-order chi connectivity index (χ0) is 17.3. The number of carbonyl (C=O) groups is 1. The van der Waals surface area contributed by atoms with Crippen LogP contribution in [-0.2, 0) is 0 Å². The number of nitrogens with one attached hydrogen (secondary N) is 1. The summed E-state index contributed by atoms with van der Waals surface area (Å²) in [5, 5.41) is 7.39. The second-order valence-electron chi connectivity index (χ2n) is 4.75. The van der Waals surface area contributed by atoms with Crippen molar-refractivity contribution in [1.29, 1.82) is 0 Å². The quantitative estimate of drug-likeness (QED) is 0.436. The van der Waals surface area contributed by atoms with Crippen LogP contribution in [0.1, 0.15) is 10.5 Å². The second-order valence-corrected chi connectivity index (χ2v) is 4.75. The number of hydrazine groups is 1. The summed E-state index contributed by atoms with van der Waals surface area (Å²) >= 11 is 0. The fourth-order valence-corrected chi connectivity index (χ4v) is 2.22. The maximum atomic E-state index is 14.2. The van der Waals surface area contributed by atoms with Crippen LogP contribution in [0.2, 0.25) is 0 Å². The molecule has 9 heteroatoms. The van der Waals surface area contributed by atoms with Crippen molar-refractivity contribution in [3.8, 4) is 16.9 Å². The van der Waals surface area contributed by atoms with Crippen molar-refractivity contribution in [2.45, 2.75) is 0 Å². The topological polar surface area (TPSA) is 85.8 Å². The van der Waals surface area contributed by atoms with E-state index in [1.54, 1.807) is 0 Å². The molecular weight excluding hydrogens is 323 g/mol. The molecule has 3 N–H and O–H groups in total. The molecule has 24 heavy (non-hydrogen) atoms. The van der Waals surface area contributed by atoms with E-state index >= 15 is 0 Å². The molecule has 2 aromatic carbocycles. The molecule has 6 nitrogen and oxygen atoms in total. The van der Waals surface area contributed by atoms with E-state index in [4.69, 9.17) is 5.84 Å². The first-order chi connectivity index (χ1) is 11.5. The lowest BCUT2D eigenvalue weighted by atomic mass is 10.1. The summed E-state index contributed by atoms with van der Waals surface area (Å²) < 4.78 is 42.3. The highest BCUT2D eigenvalue weighted by atomic mass is 19.2. The third-order valence-electron chi connectivity index (χ3n) is 3.28. The highest BCUT2D eigenvalue weighted by Gasteiger charge is 2.25. The molecule has 1 aromatic heterocycles. The average Bonchev–Trinajstić information content (AvgIpc) is 3.01. The van der Waals surface area contributed by atoms with Crippen LogP contribution < -0.4 is 11.3 Å². The Labute approximate surface area is 133 Å². The van der Waals surface area contributed by atoms with Gasteiger partial charge in [-0.2, -0.15) is 0 Å². The third kappa shape index (κ3) is 2.61. The Morgan fingerprint density at radius 2 is 1.88 bits per heavy atom. The van der Waals surface area contributed by atoms with E-state index in [1.807, 2.05) is 5.43 Å². The van der Waals surface area contributed by atoms with E-state index < -0.39 is 23.4 Å². The van der Waals surface area contributed by atoms with Gasteiger partial charge in [0, 0.05) is 5.56 Å². The number of nitrogens with zero attached hydrogens (tertiary/aromatic N) is 3. The highest BCUT2D eigenvalue weighted by Crippen LogP contribution is 2.29. The summed E-state index contributed by atoms with van der Waals surface area (Å²) in [5.41, 5.74) is 1.29. The number of benzene rings is 2. The Bertz CT molecular complexity index is 925. The van der Waals surface area contributed by atoms with Gasteiger partial charge in [-0.15, -0.1) is 5.10 Å². The predicted molar refractivity (Wildman–Crippen MR) is 78.3 cm³/mol. The Hall–Kier alpha value is -3.20. The van der Waals surface area contributed by atoms with Crippen LogP contribution in [0.3, 0.4) is 0 Å². The van der Waals surface area contributed by atoms with E-state index in [0.29, 0.717) is 0 Å². The van der Waals surface area contributed by atoms with Crippen molar-refractivity contribution < 1.29 is 18.0 Å². The molecule has 1 heterocycles. The van der Waals surface area contributed by atoms with Crippen LogP contribution in [0, 0.1) is 17.5 Å². The average molecular weight is 333 g/mol. The number of hydrogen-bond acceptors (Lipinski definition) is 4. The van der Waals surface area contributed by atoms with Crippen molar-refractivity contribution in [3.63, 3.8) is 0 Å². The predicted octanol–water partition coefficient (Wildman–Crippen LogP) is 1.96. The lowest BCUT2D eigenvalue weighted by Crippen LogP contribution is -2.30. The minimum Gasteiger partial charge on any atom is -0.289 e. The Balaban J connectivity index is 2.31. The number of nitrogens with two attached hydrogens (primary N) is 1. The molecule has 122 valence electrons. The summed E-state index contributed by atoms with van der Waals surface area (Å²) in [6.07, 6.45) is 0. The van der Waals surface area contributed by atoms with Crippen LogP contribution in [-0.4, -0.2) is 20.9 Å². The molecule has 0 fully saturated rings. The van der Waals surface area contributed by atoms with Gasteiger partial charge in [0.05, 0.1) is 5.69 Å². The van der Waals surface area contributed by atoms with E-state index in [0.717, 1.165) is 16.8 Å². The number of nitrogen functional groups attached to an aromatic ring is 1. The normalized spacial score (nSPS) is 10.7. The monoisotopic (exact) mass is 333 g/mol. The van der Waals surface area contributed by atoms with Crippen LogP contribution in [0.15, 0.2) is 42.5 Å². The van der Waals surface area contributed by atoms with E-state index in [9.17, 15) is 18.0 Å². The summed E-state index contributed by atoms with van der Waals surface area (Å²) in [5.74, 6) is 1.36. The first kappa shape index (κ1) is 15.7. The van der Waals surface area contributed by atoms with Crippen LogP contribution in [0.4, 0.5) is 13.2 Å². The van der Waals surface area contributed by atoms with Gasteiger partial charge in [-0.3, -0.25) is 10.2 Å². The molecule has 0 aliphatic rings. The summed E-state index contributed by atoms with van der Waals surface area (Å²) in [6, 6.07) is 8.64. The molecule has 1 amide bonds. The van der Waals surface area contributed by atoms with Crippen molar-refractivity contribution in [3.05, 3.63) is 65.6 Å². The fourth-order valence-electron chi connectivity index (χ4n) is 2.22. The lowest BCUT2D eigenvalue weighted by Gasteiger charge is -2.09. The standard InChI is InChI=1S/C15H10F3N5O/c16-8-3-1-4-9(7-8)23-14(13(21-22-23)15(24)20-19)10-5-2-6-11(17)12(10)18/h1-7H,19H2,(H,20,24). The van der Waals surface area contributed by atoms with Crippen molar-refractivity contribution in [2.75, 3.05) is 0 Å². The number of amides is 1. The van der Waals surface area contributed by atoms with Gasteiger partial charge in [-0.25, -0.2) is 23.7 Å². The summed E-state index contributed by atoms with van der Waals surface area (Å²) in [6.45, 7) is 0. The lowest BCUT2D eigenvalue weighted by molar-refractivity contribution is 0.0949. The van der Waals surface area contributed by atoms with Gasteiger partial charge in [-0.1, -0.05) is 17.3 Å². The number of hydrogen-bond donors (Lipinski definition) is 2.